The van der Waals surface area contributed by atoms with Gasteiger partial charge in [0.2, 0.25) is 0 Å². The molecule has 1 atom stereocenters. The van der Waals surface area contributed by atoms with Gasteiger partial charge in [-0.3, -0.25) is 0 Å². The van der Waals surface area contributed by atoms with Crippen LogP contribution in [0.2, 0.25) is 5.02 Å². The fourth-order valence-electron chi connectivity index (χ4n) is 2.07. The summed E-state index contributed by atoms with van der Waals surface area (Å²) in [6, 6.07) is 16.3. The van der Waals surface area contributed by atoms with Crippen molar-refractivity contribution < 1.29 is 4.74 Å². The van der Waals surface area contributed by atoms with Crippen molar-refractivity contribution in [1.29, 1.82) is 0 Å². The lowest BCUT2D eigenvalue weighted by molar-refractivity contribution is 0.273. The van der Waals surface area contributed by atoms with Gasteiger partial charge in [-0.15, -0.1) is 0 Å². The van der Waals surface area contributed by atoms with Crippen molar-refractivity contribution in [2.75, 3.05) is 13.7 Å². The van der Waals surface area contributed by atoms with Gasteiger partial charge in [0.05, 0.1) is 11.1 Å². The topological polar surface area (TPSA) is 21.3 Å². The van der Waals surface area contributed by atoms with Crippen LogP contribution in [0.25, 0.3) is 0 Å². The first-order chi connectivity index (χ1) is 9.74. The fourth-order valence-corrected chi connectivity index (χ4v) is 2.26. The molecule has 2 aromatic carbocycles. The number of aryl methyl sites for hydroxylation is 1. The van der Waals surface area contributed by atoms with E-state index in [4.69, 9.17) is 16.3 Å². The van der Waals surface area contributed by atoms with Gasteiger partial charge in [0, 0.05) is 0 Å². The summed E-state index contributed by atoms with van der Waals surface area (Å²) >= 11 is 6.09. The van der Waals surface area contributed by atoms with Crippen LogP contribution in [0, 0.1) is 0 Å². The molecule has 0 radical (unpaired) electrons. The summed E-state index contributed by atoms with van der Waals surface area (Å²) in [6.45, 7) is 2.71. The van der Waals surface area contributed by atoms with E-state index in [0.29, 0.717) is 11.6 Å². The molecule has 0 fully saturated rings. The fraction of sp³-hybridized carbons (Fsp3) is 0.294. The Balaban J connectivity index is 2.03. The van der Waals surface area contributed by atoms with Crippen LogP contribution in [-0.4, -0.2) is 13.7 Å². The zero-order valence-corrected chi connectivity index (χ0v) is 12.7. The summed E-state index contributed by atoms with van der Waals surface area (Å²) in [5.41, 5.74) is 2.56. The monoisotopic (exact) mass is 289 g/mol. The van der Waals surface area contributed by atoms with Gasteiger partial charge in [-0.25, -0.2) is 0 Å². The largest absolute Gasteiger partial charge is 0.490 e. The van der Waals surface area contributed by atoms with E-state index >= 15 is 0 Å². The summed E-state index contributed by atoms with van der Waals surface area (Å²) in [6.07, 6.45) is 1.06. The quantitative estimate of drug-likeness (QED) is 0.859. The average molecular weight is 290 g/mol. The summed E-state index contributed by atoms with van der Waals surface area (Å²) in [5, 5.41) is 3.92. The highest BCUT2D eigenvalue weighted by Gasteiger charge is 2.11. The maximum absolute atomic E-state index is 6.09. The molecule has 0 aromatic heterocycles. The zero-order valence-electron chi connectivity index (χ0n) is 11.9. The molecule has 2 nitrogen and oxygen atoms in total. The molecule has 0 bridgehead atoms. The van der Waals surface area contributed by atoms with Crippen molar-refractivity contribution in [1.82, 2.24) is 5.32 Å². The van der Waals surface area contributed by atoms with Gasteiger partial charge < -0.3 is 10.1 Å². The van der Waals surface area contributed by atoms with Gasteiger partial charge >= 0.3 is 0 Å². The smallest absolute Gasteiger partial charge is 0.137 e. The van der Waals surface area contributed by atoms with Crippen LogP contribution >= 0.6 is 11.6 Å². The van der Waals surface area contributed by atoms with Crippen LogP contribution in [0.1, 0.15) is 24.1 Å². The number of hydrogen-bond donors (Lipinski definition) is 1. The summed E-state index contributed by atoms with van der Waals surface area (Å²) < 4.78 is 5.81. The van der Waals surface area contributed by atoms with Crippen LogP contribution in [0.4, 0.5) is 0 Å². The first-order valence-corrected chi connectivity index (χ1v) is 7.25. The molecule has 0 saturated heterocycles. The van der Waals surface area contributed by atoms with Gasteiger partial charge in [0.15, 0.2) is 0 Å². The predicted octanol–water partition coefficient (Wildman–Crippen LogP) is 4.24. The molecule has 106 valence electrons. The molecule has 0 amide bonds. The molecular formula is C17H20ClNO. The number of para-hydroxylation sites is 1. The molecule has 0 aliphatic heterocycles. The van der Waals surface area contributed by atoms with Crippen LogP contribution in [-0.2, 0) is 6.42 Å². The number of ether oxygens (including phenoxy) is 1. The highest BCUT2D eigenvalue weighted by molar-refractivity contribution is 6.32. The number of halogens is 1. The first-order valence-electron chi connectivity index (χ1n) is 6.88. The lowest BCUT2D eigenvalue weighted by Crippen LogP contribution is -2.23. The highest BCUT2D eigenvalue weighted by Crippen LogP contribution is 2.24. The van der Waals surface area contributed by atoms with Crippen LogP contribution < -0.4 is 10.1 Å². The Morgan fingerprint density at radius 2 is 1.80 bits per heavy atom. The Kier molecular flexibility index (Phi) is 5.45. The summed E-state index contributed by atoms with van der Waals surface area (Å²) in [5.74, 6) is 0.722. The number of nitrogens with one attached hydrogen (secondary N) is 1. The minimum absolute atomic E-state index is 0.150. The van der Waals surface area contributed by atoms with Crippen molar-refractivity contribution >= 4 is 11.6 Å². The highest BCUT2D eigenvalue weighted by atomic mass is 35.5. The van der Waals surface area contributed by atoms with E-state index in [-0.39, 0.29) is 6.04 Å². The lowest BCUT2D eigenvalue weighted by Gasteiger charge is -2.18. The van der Waals surface area contributed by atoms with E-state index < -0.39 is 0 Å². The number of benzene rings is 2. The molecule has 0 heterocycles. The van der Waals surface area contributed by atoms with Crippen molar-refractivity contribution in [2.24, 2.45) is 0 Å². The molecule has 20 heavy (non-hydrogen) atoms. The summed E-state index contributed by atoms with van der Waals surface area (Å²) in [7, 11) is 1.94. The van der Waals surface area contributed by atoms with Gasteiger partial charge in [-0.05, 0) is 36.7 Å². The van der Waals surface area contributed by atoms with Crippen molar-refractivity contribution in [3.63, 3.8) is 0 Å². The first kappa shape index (κ1) is 14.9. The zero-order chi connectivity index (χ0) is 14.4. The van der Waals surface area contributed by atoms with Crippen LogP contribution in [0.15, 0.2) is 48.5 Å². The SMILES string of the molecule is CCc1ccc(C(COc2ccccc2Cl)NC)cc1. The molecule has 1 N–H and O–H groups in total. The van der Waals surface area contributed by atoms with Crippen LogP contribution in [0.3, 0.4) is 0 Å². The average Bonchev–Trinajstić information content (AvgIpc) is 2.50. The van der Waals surface area contributed by atoms with Gasteiger partial charge in [0.25, 0.3) is 0 Å². The van der Waals surface area contributed by atoms with Crippen molar-refractivity contribution in [3.05, 3.63) is 64.7 Å². The van der Waals surface area contributed by atoms with Gasteiger partial charge in [-0.2, -0.15) is 0 Å². The Hall–Kier alpha value is -1.51. The molecule has 0 aliphatic carbocycles. The molecule has 0 saturated carbocycles. The standard InChI is InChI=1S/C17H20ClNO/c1-3-13-8-10-14(11-9-13)16(19-2)12-20-17-7-5-4-6-15(17)18/h4-11,16,19H,3,12H2,1-2H3. The van der Waals surface area contributed by atoms with Gasteiger partial charge in [0.1, 0.15) is 12.4 Å². The van der Waals surface area contributed by atoms with Crippen molar-refractivity contribution in [2.45, 2.75) is 19.4 Å². The minimum atomic E-state index is 0.150. The van der Waals surface area contributed by atoms with Gasteiger partial charge in [-0.1, -0.05) is 54.9 Å². The Bertz CT molecular complexity index is 539. The second kappa shape index (κ2) is 7.32. The third kappa shape index (κ3) is 3.75. The normalized spacial score (nSPS) is 12.2. The molecule has 0 spiro atoms. The third-order valence-corrected chi connectivity index (χ3v) is 3.69. The molecule has 2 aromatic rings. The molecule has 1 unspecified atom stereocenters. The maximum atomic E-state index is 6.09. The van der Waals surface area contributed by atoms with E-state index in [2.05, 4.69) is 36.5 Å². The molecular weight excluding hydrogens is 270 g/mol. The van der Waals surface area contributed by atoms with E-state index in [1.54, 1.807) is 0 Å². The number of rotatable bonds is 6. The minimum Gasteiger partial charge on any atom is -0.490 e. The maximum Gasteiger partial charge on any atom is 0.137 e. The Morgan fingerprint density at radius 3 is 2.40 bits per heavy atom. The molecule has 3 heteroatoms. The number of hydrogen-bond acceptors (Lipinski definition) is 2. The lowest BCUT2D eigenvalue weighted by atomic mass is 10.0. The molecule has 2 rings (SSSR count). The second-order valence-electron chi connectivity index (χ2n) is 4.68. The van der Waals surface area contributed by atoms with Crippen molar-refractivity contribution in [3.8, 4) is 5.75 Å². The van der Waals surface area contributed by atoms with Crippen LogP contribution in [0.5, 0.6) is 5.75 Å². The Morgan fingerprint density at radius 1 is 1.10 bits per heavy atom. The molecule has 0 aliphatic rings. The third-order valence-electron chi connectivity index (χ3n) is 3.38. The van der Waals surface area contributed by atoms with E-state index in [0.717, 1.165) is 12.2 Å². The predicted molar refractivity (Wildman–Crippen MR) is 84.6 cm³/mol. The summed E-state index contributed by atoms with van der Waals surface area (Å²) in [4.78, 5) is 0. The number of likely N-dealkylation sites (N-methyl/N-ethyl adjacent to an activating group) is 1. The second-order valence-corrected chi connectivity index (χ2v) is 5.09. The Labute approximate surface area is 125 Å². The van der Waals surface area contributed by atoms with E-state index in [1.165, 1.54) is 11.1 Å². The van der Waals surface area contributed by atoms with E-state index in [1.807, 2.05) is 31.3 Å². The van der Waals surface area contributed by atoms with E-state index in [9.17, 15) is 0 Å².